The molecule has 0 aromatic rings. The lowest BCUT2D eigenvalue weighted by Gasteiger charge is -2.20. The van der Waals surface area contributed by atoms with Crippen LogP contribution in [0.1, 0.15) is 12.8 Å². The quantitative estimate of drug-likeness (QED) is 0.641. The summed E-state index contributed by atoms with van der Waals surface area (Å²) in [5, 5.41) is 2.50. The van der Waals surface area contributed by atoms with Crippen LogP contribution in [0.15, 0.2) is 12.3 Å². The fourth-order valence-corrected chi connectivity index (χ4v) is 0.879. The Morgan fingerprint density at radius 3 is 2.69 bits per heavy atom. The summed E-state index contributed by atoms with van der Waals surface area (Å²) in [4.78, 5) is 10.3. The maximum Gasteiger partial charge on any atom is 0.491 e. The van der Waals surface area contributed by atoms with E-state index in [1.54, 1.807) is 6.08 Å². The lowest BCUT2D eigenvalue weighted by molar-refractivity contribution is -0.206. The summed E-state index contributed by atoms with van der Waals surface area (Å²) >= 11 is 0. The number of esters is 1. The van der Waals surface area contributed by atoms with Gasteiger partial charge < -0.3 is 10.1 Å². The van der Waals surface area contributed by atoms with Gasteiger partial charge in [-0.05, 0) is 12.6 Å². The highest BCUT2D eigenvalue weighted by Gasteiger charge is 2.42. The van der Waals surface area contributed by atoms with E-state index < -0.39 is 18.4 Å². The maximum atomic E-state index is 11.7. The highest BCUT2D eigenvalue weighted by atomic mass is 19.4. The van der Waals surface area contributed by atoms with Crippen molar-refractivity contribution in [2.24, 2.45) is 0 Å². The summed E-state index contributed by atoms with van der Waals surface area (Å²) in [6, 6.07) is 0. The van der Waals surface area contributed by atoms with E-state index in [1.807, 2.05) is 0 Å². The Hall–Kier alpha value is -1.20. The van der Waals surface area contributed by atoms with E-state index in [9.17, 15) is 18.0 Å². The zero-order valence-corrected chi connectivity index (χ0v) is 6.60. The molecule has 0 aliphatic carbocycles. The molecule has 1 aliphatic rings. The standard InChI is InChI=1S/C7H8F3NO2/c8-7(9,10)6(12)13-5-3-1-2-4-11-5/h2,4-5,11H,1,3H2. The van der Waals surface area contributed by atoms with E-state index in [2.05, 4.69) is 10.1 Å². The summed E-state index contributed by atoms with van der Waals surface area (Å²) in [5.74, 6) is -2.15. The average molecular weight is 195 g/mol. The molecular formula is C7H8F3NO2. The van der Waals surface area contributed by atoms with Crippen LogP contribution in [0.4, 0.5) is 13.2 Å². The zero-order chi connectivity index (χ0) is 9.90. The van der Waals surface area contributed by atoms with Gasteiger partial charge in [-0.25, -0.2) is 4.79 Å². The Morgan fingerprint density at radius 1 is 1.54 bits per heavy atom. The van der Waals surface area contributed by atoms with Crippen molar-refractivity contribution in [3.63, 3.8) is 0 Å². The van der Waals surface area contributed by atoms with Crippen molar-refractivity contribution in [1.29, 1.82) is 0 Å². The summed E-state index contributed by atoms with van der Waals surface area (Å²) in [6.45, 7) is 0. The maximum absolute atomic E-state index is 11.7. The summed E-state index contributed by atoms with van der Waals surface area (Å²) < 4.78 is 39.2. The molecule has 1 rings (SSSR count). The third-order valence-corrected chi connectivity index (χ3v) is 1.48. The Morgan fingerprint density at radius 2 is 2.23 bits per heavy atom. The third kappa shape index (κ3) is 2.96. The molecule has 1 aliphatic heterocycles. The molecule has 0 spiro atoms. The lowest BCUT2D eigenvalue weighted by Crippen LogP contribution is -2.37. The second kappa shape index (κ2) is 3.68. The topological polar surface area (TPSA) is 38.3 Å². The molecule has 0 amide bonds. The van der Waals surface area contributed by atoms with Gasteiger partial charge in [0.2, 0.25) is 0 Å². The number of carbonyl (C=O) groups is 1. The normalized spacial score (nSPS) is 22.2. The first kappa shape index (κ1) is 9.88. The van der Waals surface area contributed by atoms with Gasteiger partial charge in [-0.2, -0.15) is 13.2 Å². The number of carbonyl (C=O) groups excluding carboxylic acids is 1. The molecule has 1 unspecified atom stereocenters. The van der Waals surface area contributed by atoms with Crippen LogP contribution in [0.3, 0.4) is 0 Å². The van der Waals surface area contributed by atoms with E-state index in [1.165, 1.54) is 6.20 Å². The second-order valence-corrected chi connectivity index (χ2v) is 2.54. The van der Waals surface area contributed by atoms with Gasteiger partial charge in [-0.1, -0.05) is 6.08 Å². The molecule has 1 atom stereocenters. The Kier molecular flexibility index (Phi) is 2.79. The van der Waals surface area contributed by atoms with Crippen LogP contribution < -0.4 is 5.32 Å². The van der Waals surface area contributed by atoms with Gasteiger partial charge in [0.1, 0.15) is 0 Å². The number of allylic oxidation sites excluding steroid dienone is 1. The average Bonchev–Trinajstić information content (AvgIpc) is 2.04. The summed E-state index contributed by atoms with van der Waals surface area (Å²) in [6.07, 6.45) is -1.60. The molecule has 6 heteroatoms. The van der Waals surface area contributed by atoms with Crippen molar-refractivity contribution in [2.75, 3.05) is 0 Å². The SMILES string of the molecule is O=C(OC1CCC=CN1)C(F)(F)F. The zero-order valence-electron chi connectivity index (χ0n) is 6.60. The molecule has 1 heterocycles. The van der Waals surface area contributed by atoms with Crippen molar-refractivity contribution in [2.45, 2.75) is 25.2 Å². The number of ether oxygens (including phenoxy) is 1. The van der Waals surface area contributed by atoms with E-state index >= 15 is 0 Å². The Balaban J connectivity index is 2.40. The third-order valence-electron chi connectivity index (χ3n) is 1.48. The highest BCUT2D eigenvalue weighted by molar-refractivity contribution is 5.75. The molecule has 1 N–H and O–H groups in total. The van der Waals surface area contributed by atoms with Crippen LogP contribution in [0.2, 0.25) is 0 Å². The lowest BCUT2D eigenvalue weighted by atomic mass is 10.2. The smallest absolute Gasteiger partial charge is 0.435 e. The molecule has 0 fully saturated rings. The van der Waals surface area contributed by atoms with Gasteiger partial charge in [0.25, 0.3) is 0 Å². The predicted molar refractivity (Wildman–Crippen MR) is 37.4 cm³/mol. The van der Waals surface area contributed by atoms with Crippen molar-refractivity contribution in [3.05, 3.63) is 12.3 Å². The summed E-state index contributed by atoms with van der Waals surface area (Å²) in [7, 11) is 0. The van der Waals surface area contributed by atoms with Crippen molar-refractivity contribution < 1.29 is 22.7 Å². The van der Waals surface area contributed by atoms with Crippen LogP contribution >= 0.6 is 0 Å². The van der Waals surface area contributed by atoms with Gasteiger partial charge in [0.05, 0.1) is 0 Å². The summed E-state index contributed by atoms with van der Waals surface area (Å²) in [5.41, 5.74) is 0. The molecule has 13 heavy (non-hydrogen) atoms. The van der Waals surface area contributed by atoms with Gasteiger partial charge in [0.15, 0.2) is 6.23 Å². The molecule has 0 saturated carbocycles. The number of nitrogens with one attached hydrogen (secondary N) is 1. The number of hydrogen-bond donors (Lipinski definition) is 1. The van der Waals surface area contributed by atoms with Gasteiger partial charge in [-0.3, -0.25) is 0 Å². The number of halogens is 3. The van der Waals surface area contributed by atoms with Crippen molar-refractivity contribution in [1.82, 2.24) is 5.32 Å². The molecule has 74 valence electrons. The van der Waals surface area contributed by atoms with Crippen LogP contribution in [0, 0.1) is 0 Å². The van der Waals surface area contributed by atoms with Crippen LogP contribution in [0.25, 0.3) is 0 Å². The van der Waals surface area contributed by atoms with E-state index in [0.717, 1.165) is 0 Å². The fourth-order valence-electron chi connectivity index (χ4n) is 0.879. The Labute approximate surface area is 72.6 Å². The minimum atomic E-state index is -4.91. The van der Waals surface area contributed by atoms with E-state index in [-0.39, 0.29) is 0 Å². The number of rotatable bonds is 1. The fraction of sp³-hybridized carbons (Fsp3) is 0.571. The molecule has 0 saturated heterocycles. The minimum absolute atomic E-state index is 0.359. The first-order valence-corrected chi connectivity index (χ1v) is 3.69. The number of hydrogen-bond acceptors (Lipinski definition) is 3. The van der Waals surface area contributed by atoms with Crippen molar-refractivity contribution >= 4 is 5.97 Å². The van der Waals surface area contributed by atoms with Gasteiger partial charge >= 0.3 is 12.1 Å². The monoisotopic (exact) mass is 195 g/mol. The first-order valence-electron chi connectivity index (χ1n) is 3.69. The Bertz CT molecular complexity index is 224. The van der Waals surface area contributed by atoms with Crippen LogP contribution in [-0.2, 0) is 9.53 Å². The van der Waals surface area contributed by atoms with Gasteiger partial charge in [-0.15, -0.1) is 0 Å². The van der Waals surface area contributed by atoms with E-state index in [4.69, 9.17) is 0 Å². The molecular weight excluding hydrogens is 187 g/mol. The number of alkyl halides is 3. The minimum Gasteiger partial charge on any atom is -0.435 e. The highest BCUT2D eigenvalue weighted by Crippen LogP contribution is 2.18. The van der Waals surface area contributed by atoms with Crippen molar-refractivity contribution in [3.8, 4) is 0 Å². The molecule has 0 aromatic carbocycles. The second-order valence-electron chi connectivity index (χ2n) is 2.54. The predicted octanol–water partition coefficient (Wildman–Crippen LogP) is 1.32. The van der Waals surface area contributed by atoms with E-state index in [0.29, 0.717) is 12.8 Å². The molecule has 0 bridgehead atoms. The molecule has 0 aromatic heterocycles. The molecule has 3 nitrogen and oxygen atoms in total. The first-order chi connectivity index (χ1) is 6.00. The van der Waals surface area contributed by atoms with Crippen LogP contribution in [0.5, 0.6) is 0 Å². The van der Waals surface area contributed by atoms with Crippen LogP contribution in [-0.4, -0.2) is 18.4 Å². The molecule has 0 radical (unpaired) electrons. The largest absolute Gasteiger partial charge is 0.491 e. The van der Waals surface area contributed by atoms with Gasteiger partial charge in [0, 0.05) is 6.42 Å².